The van der Waals surface area contributed by atoms with Crippen LogP contribution in [0.1, 0.15) is 19.3 Å². The average molecular weight is 274 g/mol. The summed E-state index contributed by atoms with van der Waals surface area (Å²) in [6.45, 7) is 3.63. The van der Waals surface area contributed by atoms with Gasteiger partial charge >= 0.3 is 0 Å². The van der Waals surface area contributed by atoms with E-state index in [2.05, 4.69) is 32.6 Å². The third-order valence-electron chi connectivity index (χ3n) is 3.95. The molecule has 2 aliphatic rings. The van der Waals surface area contributed by atoms with Crippen LogP contribution in [0.15, 0.2) is 30.5 Å². The Kier molecular flexibility index (Phi) is 4.61. The van der Waals surface area contributed by atoms with Gasteiger partial charge in [-0.1, -0.05) is 12.2 Å². The van der Waals surface area contributed by atoms with E-state index in [0.717, 1.165) is 32.1 Å². The van der Waals surface area contributed by atoms with Gasteiger partial charge in [-0.3, -0.25) is 4.90 Å². The Balaban J connectivity index is 1.50. The second-order valence-electron chi connectivity index (χ2n) is 5.40. The third-order valence-corrected chi connectivity index (χ3v) is 3.95. The zero-order valence-corrected chi connectivity index (χ0v) is 11.7. The molecular formula is C15H22N4O. The van der Waals surface area contributed by atoms with Crippen molar-refractivity contribution >= 4 is 5.82 Å². The minimum atomic E-state index is 0.223. The van der Waals surface area contributed by atoms with Crippen molar-refractivity contribution in [3.05, 3.63) is 30.5 Å². The van der Waals surface area contributed by atoms with E-state index in [1.54, 1.807) is 6.20 Å². The van der Waals surface area contributed by atoms with Crippen LogP contribution in [0.5, 0.6) is 0 Å². The van der Waals surface area contributed by atoms with Gasteiger partial charge in [-0.15, -0.1) is 5.10 Å². The molecule has 3 rings (SSSR count). The van der Waals surface area contributed by atoms with Crippen molar-refractivity contribution in [2.45, 2.75) is 31.4 Å². The smallest absolute Gasteiger partial charge is 0.148 e. The van der Waals surface area contributed by atoms with Gasteiger partial charge in [-0.05, 0) is 31.4 Å². The Labute approximate surface area is 120 Å². The van der Waals surface area contributed by atoms with Gasteiger partial charge in [0.25, 0.3) is 0 Å². The van der Waals surface area contributed by atoms with Gasteiger partial charge in [0, 0.05) is 31.9 Å². The molecule has 1 aromatic rings. The van der Waals surface area contributed by atoms with Crippen LogP contribution < -0.4 is 5.32 Å². The molecule has 108 valence electrons. The van der Waals surface area contributed by atoms with Crippen LogP contribution in [0.2, 0.25) is 0 Å². The van der Waals surface area contributed by atoms with Crippen molar-refractivity contribution in [2.75, 3.05) is 31.6 Å². The largest absolute Gasteiger partial charge is 0.374 e. The summed E-state index contributed by atoms with van der Waals surface area (Å²) in [6.07, 6.45) is 10.4. The highest BCUT2D eigenvalue weighted by atomic mass is 16.5. The Bertz CT molecular complexity index is 437. The molecule has 0 amide bonds. The maximum Gasteiger partial charge on any atom is 0.148 e. The Morgan fingerprint density at radius 1 is 1.45 bits per heavy atom. The summed E-state index contributed by atoms with van der Waals surface area (Å²) < 4.78 is 5.84. The van der Waals surface area contributed by atoms with Gasteiger partial charge in [-0.25, -0.2) is 0 Å². The molecule has 0 radical (unpaired) electrons. The summed E-state index contributed by atoms with van der Waals surface area (Å²) in [5.74, 6) is 0.811. The highest BCUT2D eigenvalue weighted by Gasteiger charge is 2.25. The summed E-state index contributed by atoms with van der Waals surface area (Å²) in [4.78, 5) is 2.54. The molecule has 0 spiro atoms. The molecule has 0 aromatic carbocycles. The number of nitrogens with one attached hydrogen (secondary N) is 1. The zero-order chi connectivity index (χ0) is 13.6. The topological polar surface area (TPSA) is 50.3 Å². The second kappa shape index (κ2) is 6.81. The maximum absolute atomic E-state index is 5.84. The lowest BCUT2D eigenvalue weighted by molar-refractivity contribution is -0.0317. The molecule has 0 unspecified atom stereocenters. The quantitative estimate of drug-likeness (QED) is 0.847. The van der Waals surface area contributed by atoms with Crippen LogP contribution in [0.3, 0.4) is 0 Å². The molecule has 5 nitrogen and oxygen atoms in total. The van der Waals surface area contributed by atoms with E-state index in [-0.39, 0.29) is 6.10 Å². The number of anilines is 1. The molecular weight excluding hydrogens is 252 g/mol. The number of rotatable bonds is 4. The number of allylic oxidation sites excluding steroid dienone is 1. The van der Waals surface area contributed by atoms with Gasteiger partial charge < -0.3 is 10.1 Å². The number of aromatic nitrogens is 2. The second-order valence-corrected chi connectivity index (χ2v) is 5.40. The lowest BCUT2D eigenvalue weighted by Gasteiger charge is -2.38. The monoisotopic (exact) mass is 274 g/mol. The van der Waals surface area contributed by atoms with Crippen molar-refractivity contribution in [2.24, 2.45) is 0 Å². The molecule has 1 aliphatic heterocycles. The molecule has 0 bridgehead atoms. The lowest BCUT2D eigenvalue weighted by Crippen LogP contribution is -2.49. The first kappa shape index (κ1) is 13.5. The lowest BCUT2D eigenvalue weighted by atomic mass is 10.0. The first-order valence-electron chi connectivity index (χ1n) is 7.46. The average Bonchev–Trinajstić information content (AvgIpc) is 2.55. The number of morpholine rings is 1. The van der Waals surface area contributed by atoms with E-state index in [4.69, 9.17) is 4.74 Å². The summed E-state index contributed by atoms with van der Waals surface area (Å²) >= 11 is 0. The molecule has 2 atom stereocenters. The van der Waals surface area contributed by atoms with Crippen LogP contribution in [0.4, 0.5) is 5.82 Å². The predicted octanol–water partition coefficient (Wildman–Crippen LogP) is 1.70. The zero-order valence-electron chi connectivity index (χ0n) is 11.7. The van der Waals surface area contributed by atoms with Crippen molar-refractivity contribution in [1.82, 2.24) is 15.1 Å². The third kappa shape index (κ3) is 3.55. The fourth-order valence-electron chi connectivity index (χ4n) is 2.88. The molecule has 1 N–H and O–H groups in total. The van der Waals surface area contributed by atoms with E-state index in [1.807, 2.05) is 12.1 Å². The maximum atomic E-state index is 5.84. The summed E-state index contributed by atoms with van der Waals surface area (Å²) in [7, 11) is 0. The Morgan fingerprint density at radius 3 is 3.25 bits per heavy atom. The number of nitrogens with zero attached hydrogens (tertiary/aromatic N) is 3. The van der Waals surface area contributed by atoms with Crippen LogP contribution in [-0.2, 0) is 4.74 Å². The van der Waals surface area contributed by atoms with Crippen molar-refractivity contribution in [3.63, 3.8) is 0 Å². The van der Waals surface area contributed by atoms with Gasteiger partial charge in [0.15, 0.2) is 0 Å². The molecule has 5 heteroatoms. The Morgan fingerprint density at radius 2 is 2.45 bits per heavy atom. The fraction of sp³-hybridized carbons (Fsp3) is 0.600. The summed E-state index contributed by atoms with van der Waals surface area (Å²) in [5.41, 5.74) is 0. The summed E-state index contributed by atoms with van der Waals surface area (Å²) in [5, 5.41) is 11.2. The molecule has 20 heavy (non-hydrogen) atoms. The van der Waals surface area contributed by atoms with Crippen molar-refractivity contribution in [3.8, 4) is 0 Å². The Hall–Kier alpha value is -1.46. The normalized spacial score (nSPS) is 27.4. The predicted molar refractivity (Wildman–Crippen MR) is 78.6 cm³/mol. The number of ether oxygens (including phenoxy) is 1. The van der Waals surface area contributed by atoms with E-state index in [1.165, 1.54) is 19.3 Å². The summed E-state index contributed by atoms with van der Waals surface area (Å²) in [6, 6.07) is 4.42. The van der Waals surface area contributed by atoms with Crippen molar-refractivity contribution < 1.29 is 4.74 Å². The van der Waals surface area contributed by atoms with E-state index < -0.39 is 0 Å². The van der Waals surface area contributed by atoms with Crippen molar-refractivity contribution in [1.29, 1.82) is 0 Å². The van der Waals surface area contributed by atoms with Gasteiger partial charge in [-0.2, -0.15) is 5.10 Å². The molecule has 0 saturated carbocycles. The fourth-order valence-corrected chi connectivity index (χ4v) is 2.88. The highest BCUT2D eigenvalue weighted by Crippen LogP contribution is 2.19. The SMILES string of the molecule is C1=C[C@H](N2CCO[C@@H](CNc3cccnn3)C2)CCC1. The van der Waals surface area contributed by atoms with Crippen LogP contribution in [0, 0.1) is 0 Å². The molecule has 1 aliphatic carbocycles. The van der Waals surface area contributed by atoms with E-state index in [0.29, 0.717) is 6.04 Å². The van der Waals surface area contributed by atoms with E-state index >= 15 is 0 Å². The molecule has 1 fully saturated rings. The van der Waals surface area contributed by atoms with Crippen LogP contribution in [0.25, 0.3) is 0 Å². The first-order valence-corrected chi connectivity index (χ1v) is 7.46. The molecule has 1 aromatic heterocycles. The minimum Gasteiger partial charge on any atom is -0.374 e. The van der Waals surface area contributed by atoms with Crippen LogP contribution >= 0.6 is 0 Å². The van der Waals surface area contributed by atoms with Gasteiger partial charge in [0.1, 0.15) is 5.82 Å². The molecule has 1 saturated heterocycles. The number of hydrogen-bond acceptors (Lipinski definition) is 5. The van der Waals surface area contributed by atoms with E-state index in [9.17, 15) is 0 Å². The standard InChI is InChI=1S/C15H22N4O/c1-2-5-13(6-3-1)19-9-10-20-14(12-19)11-16-15-7-4-8-17-18-15/h2,4-5,7-8,13-14H,1,3,6,9-12H2,(H,16,18)/t13-,14-/m0/s1. The highest BCUT2D eigenvalue weighted by molar-refractivity contribution is 5.31. The van der Waals surface area contributed by atoms with Gasteiger partial charge in [0.05, 0.1) is 12.7 Å². The molecule has 2 heterocycles. The van der Waals surface area contributed by atoms with Crippen LogP contribution in [-0.4, -0.2) is 53.5 Å². The number of hydrogen-bond donors (Lipinski definition) is 1. The minimum absolute atomic E-state index is 0.223. The first-order chi connectivity index (χ1) is 9.92. The van der Waals surface area contributed by atoms with Gasteiger partial charge in [0.2, 0.25) is 0 Å².